The summed E-state index contributed by atoms with van der Waals surface area (Å²) in [6, 6.07) is 9.90. The first-order valence-corrected chi connectivity index (χ1v) is 12.0. The Morgan fingerprint density at radius 1 is 1.09 bits per heavy atom. The van der Waals surface area contributed by atoms with Crippen LogP contribution in [0.2, 0.25) is 5.15 Å². The van der Waals surface area contributed by atoms with Gasteiger partial charge in [-0.15, -0.1) is 4.49 Å². The predicted octanol–water partition coefficient (Wildman–Crippen LogP) is 3.37. The zero-order valence-corrected chi connectivity index (χ0v) is 19.0. The standard InChI is InChI=1S/C18H18ClFN3O6PS.K.H/c1-27-16-9-4-12(10-15(16)20)17-18(19)21-11-23(17)13-5-7-14(8-6-13)31(25,26)22-30(24,28-2)29-3;;/h4-11H,1-3H3,(H,22,24);;. The van der Waals surface area contributed by atoms with Crippen LogP contribution < -0.4 is 9.23 Å². The molecule has 14 heteroatoms. The molecule has 0 saturated carbocycles. The monoisotopic (exact) mass is 529 g/mol. The van der Waals surface area contributed by atoms with Crippen molar-refractivity contribution < 1.29 is 31.2 Å². The van der Waals surface area contributed by atoms with Crippen LogP contribution in [0.1, 0.15) is 0 Å². The Kier molecular flexibility index (Phi) is 9.66. The number of halogens is 2. The van der Waals surface area contributed by atoms with Gasteiger partial charge in [-0.1, -0.05) is 11.6 Å². The first-order valence-electron chi connectivity index (χ1n) is 8.57. The molecule has 0 aliphatic carbocycles. The van der Waals surface area contributed by atoms with Gasteiger partial charge in [0, 0.05) is 25.5 Å². The number of benzene rings is 2. The van der Waals surface area contributed by atoms with Crippen molar-refractivity contribution >= 4 is 80.8 Å². The SMILES string of the molecule is COc1ccc(-c2c(Cl)ncn2-c2ccc(S(=O)(=O)NP(=O)(OC)OC)cc2)cc1F.[KH]. The summed E-state index contributed by atoms with van der Waals surface area (Å²) in [7, 11) is -4.73. The summed E-state index contributed by atoms with van der Waals surface area (Å²) in [5.41, 5.74) is 1.35. The zero-order chi connectivity index (χ0) is 22.8. The summed E-state index contributed by atoms with van der Waals surface area (Å²) in [5, 5.41) is 0.129. The molecule has 0 aliphatic rings. The zero-order valence-electron chi connectivity index (χ0n) is 16.6. The van der Waals surface area contributed by atoms with Gasteiger partial charge in [0.05, 0.1) is 17.7 Å². The average Bonchev–Trinajstić information content (AvgIpc) is 3.14. The number of hydrogen-bond acceptors (Lipinski definition) is 7. The number of hydrogen-bond donors (Lipinski definition) is 1. The second kappa shape index (κ2) is 11.2. The predicted molar refractivity (Wildman–Crippen MR) is 120 cm³/mol. The maximum absolute atomic E-state index is 14.2. The third-order valence-corrected chi connectivity index (χ3v) is 8.27. The molecule has 0 spiro atoms. The summed E-state index contributed by atoms with van der Waals surface area (Å²) in [6.45, 7) is 0. The summed E-state index contributed by atoms with van der Waals surface area (Å²) in [5.74, 6) is -0.491. The number of ether oxygens (including phenoxy) is 1. The number of imidazole rings is 1. The van der Waals surface area contributed by atoms with E-state index in [1.807, 2.05) is 4.49 Å². The Labute approximate surface area is 232 Å². The van der Waals surface area contributed by atoms with E-state index >= 15 is 0 Å². The number of methoxy groups -OCH3 is 1. The number of rotatable bonds is 8. The number of sulfonamides is 1. The summed E-state index contributed by atoms with van der Waals surface area (Å²) < 4.78 is 68.8. The molecule has 9 nitrogen and oxygen atoms in total. The van der Waals surface area contributed by atoms with E-state index in [4.69, 9.17) is 16.3 Å². The third-order valence-electron chi connectivity index (χ3n) is 4.29. The van der Waals surface area contributed by atoms with Crippen molar-refractivity contribution in [3.05, 3.63) is 59.8 Å². The molecule has 0 unspecified atom stereocenters. The summed E-state index contributed by atoms with van der Waals surface area (Å²) in [4.78, 5) is 3.89. The van der Waals surface area contributed by atoms with Crippen molar-refractivity contribution in [3.8, 4) is 22.7 Å². The topological polar surface area (TPSA) is 109 Å². The molecule has 1 aromatic heterocycles. The van der Waals surface area contributed by atoms with E-state index in [1.54, 1.807) is 10.6 Å². The Balaban J connectivity index is 0.00000363. The van der Waals surface area contributed by atoms with Gasteiger partial charge in [0.1, 0.15) is 6.33 Å². The molecule has 0 amide bonds. The van der Waals surface area contributed by atoms with Crippen LogP contribution in [0.5, 0.6) is 5.75 Å². The van der Waals surface area contributed by atoms with Gasteiger partial charge in [-0.25, -0.2) is 22.4 Å². The van der Waals surface area contributed by atoms with Gasteiger partial charge in [-0.05, 0) is 42.5 Å². The van der Waals surface area contributed by atoms with Gasteiger partial charge >= 0.3 is 59.1 Å². The fourth-order valence-electron chi connectivity index (χ4n) is 2.73. The molecule has 3 aromatic rings. The van der Waals surface area contributed by atoms with Crippen molar-refractivity contribution in [3.63, 3.8) is 0 Å². The van der Waals surface area contributed by atoms with Crippen LogP contribution >= 0.6 is 19.3 Å². The molecule has 2 aromatic carbocycles. The fraction of sp³-hybridized carbons (Fsp3) is 0.167. The fourth-order valence-corrected chi connectivity index (χ4v) is 5.81. The first kappa shape index (κ1) is 27.6. The molecule has 0 aliphatic heterocycles. The van der Waals surface area contributed by atoms with Gasteiger partial charge in [-0.2, -0.15) is 0 Å². The van der Waals surface area contributed by atoms with E-state index in [9.17, 15) is 17.4 Å². The van der Waals surface area contributed by atoms with Crippen molar-refractivity contribution in [2.45, 2.75) is 4.90 Å². The second-order valence-electron chi connectivity index (χ2n) is 6.05. The molecule has 168 valence electrons. The normalized spacial score (nSPS) is 11.8. The number of nitrogens with zero attached hydrogens (tertiary/aromatic N) is 2. The van der Waals surface area contributed by atoms with Crippen molar-refractivity contribution in [2.75, 3.05) is 21.3 Å². The molecule has 1 heterocycles. The van der Waals surface area contributed by atoms with Crippen LogP contribution in [0.3, 0.4) is 0 Å². The number of nitrogens with one attached hydrogen (secondary N) is 1. The first-order chi connectivity index (χ1) is 14.6. The van der Waals surface area contributed by atoms with Crippen LogP contribution in [0, 0.1) is 5.82 Å². The molecule has 0 atom stereocenters. The van der Waals surface area contributed by atoms with Crippen LogP contribution in [0.15, 0.2) is 53.7 Å². The van der Waals surface area contributed by atoms with Crippen molar-refractivity contribution in [1.82, 2.24) is 14.0 Å². The molecule has 1 N–H and O–H groups in total. The quantitative estimate of drug-likeness (QED) is 0.352. The molecule has 0 bridgehead atoms. The van der Waals surface area contributed by atoms with E-state index < -0.39 is 23.6 Å². The molecule has 0 saturated heterocycles. The molecule has 0 radical (unpaired) electrons. The Morgan fingerprint density at radius 3 is 2.25 bits per heavy atom. The van der Waals surface area contributed by atoms with E-state index in [-0.39, 0.29) is 67.2 Å². The Hall–Kier alpha value is -0.634. The van der Waals surface area contributed by atoms with Crippen molar-refractivity contribution in [1.29, 1.82) is 0 Å². The minimum atomic E-state index is -4.19. The van der Waals surface area contributed by atoms with Crippen LogP contribution in [-0.4, -0.2) is 90.7 Å². The summed E-state index contributed by atoms with van der Waals surface area (Å²) in [6.07, 6.45) is 1.42. The van der Waals surface area contributed by atoms with Gasteiger partial charge in [-0.3, -0.25) is 13.6 Å². The van der Waals surface area contributed by atoms with Gasteiger partial charge in [0.25, 0.3) is 0 Å². The van der Waals surface area contributed by atoms with E-state index in [1.165, 1.54) is 49.8 Å². The molecular weight excluding hydrogens is 511 g/mol. The Morgan fingerprint density at radius 2 is 1.72 bits per heavy atom. The molecule has 32 heavy (non-hydrogen) atoms. The maximum atomic E-state index is 14.2. The van der Waals surface area contributed by atoms with Crippen LogP contribution in [-0.2, 0) is 23.6 Å². The number of aromatic nitrogens is 2. The van der Waals surface area contributed by atoms with E-state index in [2.05, 4.69) is 14.0 Å². The molecular formula is C18H19ClFKN3O6PS. The van der Waals surface area contributed by atoms with E-state index in [0.29, 0.717) is 16.9 Å². The second-order valence-corrected chi connectivity index (χ2v) is 10.3. The Bertz CT molecular complexity index is 1250. The average molecular weight is 530 g/mol. The van der Waals surface area contributed by atoms with E-state index in [0.717, 1.165) is 14.2 Å². The molecule has 3 rings (SSSR count). The minimum absolute atomic E-state index is 0. The van der Waals surface area contributed by atoms with Crippen LogP contribution in [0.25, 0.3) is 16.9 Å². The van der Waals surface area contributed by atoms with Gasteiger partial charge in [0.15, 0.2) is 16.7 Å². The van der Waals surface area contributed by atoms with Gasteiger partial charge < -0.3 is 4.74 Å². The van der Waals surface area contributed by atoms with Crippen molar-refractivity contribution in [2.24, 2.45) is 0 Å². The molecule has 0 fully saturated rings. The van der Waals surface area contributed by atoms with Crippen LogP contribution in [0.4, 0.5) is 4.39 Å². The summed E-state index contributed by atoms with van der Waals surface area (Å²) >= 11 is 6.21. The van der Waals surface area contributed by atoms with Gasteiger partial charge in [0.2, 0.25) is 10.0 Å². The third kappa shape index (κ3) is 5.88.